The molecule has 0 radical (unpaired) electrons. The van der Waals surface area contributed by atoms with E-state index in [9.17, 15) is 10.1 Å². The van der Waals surface area contributed by atoms with Crippen molar-refractivity contribution in [3.63, 3.8) is 0 Å². The number of nitriles is 1. The Morgan fingerprint density at radius 2 is 1.96 bits per heavy atom. The monoisotopic (exact) mass is 351 g/mol. The second-order valence-electron chi connectivity index (χ2n) is 5.99. The summed E-state index contributed by atoms with van der Waals surface area (Å²) in [4.78, 5) is 14.0. The van der Waals surface area contributed by atoms with Crippen molar-refractivity contribution in [2.75, 3.05) is 18.0 Å². The minimum Gasteiger partial charge on any atom is -0.338 e. The van der Waals surface area contributed by atoms with Crippen molar-refractivity contribution in [1.82, 2.24) is 15.5 Å². The molecule has 1 aromatic rings. The van der Waals surface area contributed by atoms with Crippen LogP contribution in [0.3, 0.4) is 0 Å². The molecule has 0 fully saturated rings. The third kappa shape index (κ3) is 4.23. The minimum absolute atomic E-state index is 0.131. The van der Waals surface area contributed by atoms with Crippen molar-refractivity contribution in [1.29, 1.82) is 5.26 Å². The number of carbonyl (C=O) groups is 1. The Morgan fingerprint density at radius 3 is 2.46 bits per heavy atom. The molecule has 0 aromatic carbocycles. The molecule has 0 bridgehead atoms. The Morgan fingerprint density at radius 1 is 1.29 bits per heavy atom. The van der Waals surface area contributed by atoms with Crippen LogP contribution in [0.4, 0.5) is 9.93 Å². The van der Waals surface area contributed by atoms with E-state index >= 15 is 0 Å². The molecule has 1 rings (SSSR count). The molecule has 1 N–H and O–H groups in total. The first-order valence-electron chi connectivity index (χ1n) is 8.79. The fourth-order valence-corrected chi connectivity index (χ4v) is 4.12. The van der Waals surface area contributed by atoms with Gasteiger partial charge >= 0.3 is 6.03 Å². The summed E-state index contributed by atoms with van der Waals surface area (Å²) in [7, 11) is 0. The Labute approximate surface area is 149 Å². The fourth-order valence-electron chi connectivity index (χ4n) is 2.83. The van der Waals surface area contributed by atoms with E-state index in [4.69, 9.17) is 0 Å². The Bertz CT molecular complexity index is 562. The Kier molecular flexibility index (Phi) is 8.13. The van der Waals surface area contributed by atoms with Crippen molar-refractivity contribution in [3.8, 4) is 6.07 Å². The van der Waals surface area contributed by atoms with Crippen LogP contribution in [-0.2, 0) is 5.41 Å². The maximum atomic E-state index is 12.4. The first kappa shape index (κ1) is 20.4. The van der Waals surface area contributed by atoms with Crippen molar-refractivity contribution in [2.45, 2.75) is 65.7 Å². The molecule has 0 aliphatic carbocycles. The van der Waals surface area contributed by atoms with Crippen LogP contribution in [-0.4, -0.2) is 29.3 Å². The number of amides is 2. The molecule has 0 aliphatic rings. The zero-order valence-corrected chi connectivity index (χ0v) is 16.2. The molecule has 0 saturated heterocycles. The van der Waals surface area contributed by atoms with E-state index in [0.717, 1.165) is 30.7 Å². The van der Waals surface area contributed by atoms with Gasteiger partial charge in [0.2, 0.25) is 5.13 Å². The lowest BCUT2D eigenvalue weighted by molar-refractivity contribution is 0.246. The first-order valence-corrected chi connectivity index (χ1v) is 9.61. The van der Waals surface area contributed by atoms with Crippen molar-refractivity contribution in [2.24, 2.45) is 5.92 Å². The molecule has 2 amide bonds. The zero-order chi connectivity index (χ0) is 18.2. The minimum atomic E-state index is -0.303. The highest BCUT2D eigenvalue weighted by molar-refractivity contribution is 7.15. The van der Waals surface area contributed by atoms with E-state index < -0.39 is 0 Å². The summed E-state index contributed by atoms with van der Waals surface area (Å²) in [6, 6.07) is 2.24. The van der Waals surface area contributed by atoms with E-state index in [1.807, 2.05) is 20.8 Å². The molecular weight excluding hydrogens is 322 g/mol. The van der Waals surface area contributed by atoms with Gasteiger partial charge in [0.1, 0.15) is 5.01 Å². The molecule has 6 nitrogen and oxygen atoms in total. The van der Waals surface area contributed by atoms with Gasteiger partial charge in [0.25, 0.3) is 0 Å². The van der Waals surface area contributed by atoms with E-state index in [1.165, 1.54) is 11.3 Å². The number of aromatic nitrogens is 2. The predicted octanol–water partition coefficient (Wildman–Crippen LogP) is 4.09. The maximum absolute atomic E-state index is 12.4. The number of anilines is 1. The lowest BCUT2D eigenvalue weighted by Gasteiger charge is -2.31. The van der Waals surface area contributed by atoms with Gasteiger partial charge in [0.15, 0.2) is 0 Å². The Hall–Kier alpha value is -1.68. The molecule has 0 spiro atoms. The van der Waals surface area contributed by atoms with Gasteiger partial charge in [-0.3, -0.25) is 4.90 Å². The van der Waals surface area contributed by atoms with Crippen LogP contribution < -0.4 is 10.2 Å². The number of nitrogens with one attached hydrogen (secondary N) is 1. The molecule has 1 heterocycles. The summed E-state index contributed by atoms with van der Waals surface area (Å²) in [5, 5.41) is 22.4. The van der Waals surface area contributed by atoms with E-state index in [-0.39, 0.29) is 17.4 Å². The number of hydrogen-bond donors (Lipinski definition) is 1. The second kappa shape index (κ2) is 9.58. The molecule has 24 heavy (non-hydrogen) atoms. The van der Waals surface area contributed by atoms with Crippen LogP contribution >= 0.6 is 11.3 Å². The molecule has 0 saturated carbocycles. The fraction of sp³-hybridized carbons (Fsp3) is 0.765. The van der Waals surface area contributed by atoms with E-state index in [1.54, 1.807) is 4.90 Å². The van der Waals surface area contributed by atoms with Gasteiger partial charge in [-0.25, -0.2) is 4.79 Å². The second-order valence-corrected chi connectivity index (χ2v) is 6.94. The summed E-state index contributed by atoms with van der Waals surface area (Å²) < 4.78 is 0. The molecule has 1 atom stereocenters. The van der Waals surface area contributed by atoms with Crippen LogP contribution in [0.5, 0.6) is 0 Å². The standard InChI is InChI=1S/C17H29N5OS/c1-6-10-19-15(23)22(11-7-2)16-21-20-14(24-16)17(8-3,9-4)13(5)12-18/h13H,6-11H2,1-5H3,(H,19,23). The number of carbonyl (C=O) groups excluding carboxylic acids is 1. The van der Waals surface area contributed by atoms with E-state index in [2.05, 4.69) is 35.4 Å². The van der Waals surface area contributed by atoms with Gasteiger partial charge in [-0.15, -0.1) is 10.2 Å². The summed E-state index contributed by atoms with van der Waals surface area (Å²) in [5.74, 6) is -0.151. The van der Waals surface area contributed by atoms with Gasteiger partial charge in [-0.2, -0.15) is 5.26 Å². The smallest absolute Gasteiger partial charge is 0.323 e. The van der Waals surface area contributed by atoms with Crippen LogP contribution in [0.15, 0.2) is 0 Å². The molecule has 1 aromatic heterocycles. The zero-order valence-electron chi connectivity index (χ0n) is 15.4. The summed E-state index contributed by atoms with van der Waals surface area (Å²) in [6.45, 7) is 11.4. The number of urea groups is 1. The maximum Gasteiger partial charge on any atom is 0.323 e. The van der Waals surface area contributed by atoms with Crippen LogP contribution in [0.1, 0.15) is 65.3 Å². The number of rotatable bonds is 9. The van der Waals surface area contributed by atoms with Crippen LogP contribution in [0.2, 0.25) is 0 Å². The van der Waals surface area contributed by atoms with Crippen molar-refractivity contribution in [3.05, 3.63) is 5.01 Å². The molecule has 134 valence electrons. The molecule has 7 heteroatoms. The average Bonchev–Trinajstić information content (AvgIpc) is 3.08. The van der Waals surface area contributed by atoms with Crippen molar-refractivity contribution < 1.29 is 4.79 Å². The number of nitrogens with zero attached hydrogens (tertiary/aromatic N) is 4. The summed E-state index contributed by atoms with van der Waals surface area (Å²) in [5.41, 5.74) is -0.303. The lowest BCUT2D eigenvalue weighted by Crippen LogP contribution is -2.40. The molecule has 0 aliphatic heterocycles. The van der Waals surface area contributed by atoms with Gasteiger partial charge < -0.3 is 5.32 Å². The lowest BCUT2D eigenvalue weighted by atomic mass is 9.73. The Balaban J connectivity index is 3.15. The SMILES string of the molecule is CCCNC(=O)N(CCC)c1nnc(C(CC)(CC)C(C)C#N)s1. The highest BCUT2D eigenvalue weighted by Crippen LogP contribution is 2.41. The first-order chi connectivity index (χ1) is 11.5. The highest BCUT2D eigenvalue weighted by atomic mass is 32.1. The summed E-state index contributed by atoms with van der Waals surface area (Å²) in [6.07, 6.45) is 3.38. The normalized spacial score (nSPS) is 12.5. The predicted molar refractivity (Wildman–Crippen MR) is 98.3 cm³/mol. The van der Waals surface area contributed by atoms with Gasteiger partial charge in [0, 0.05) is 18.5 Å². The van der Waals surface area contributed by atoms with Crippen LogP contribution in [0.25, 0.3) is 0 Å². The summed E-state index contributed by atoms with van der Waals surface area (Å²) >= 11 is 1.43. The molecular formula is C17H29N5OS. The van der Waals surface area contributed by atoms with Gasteiger partial charge in [-0.05, 0) is 32.6 Å². The third-order valence-corrected chi connectivity index (χ3v) is 5.74. The van der Waals surface area contributed by atoms with Crippen LogP contribution in [0, 0.1) is 17.2 Å². The van der Waals surface area contributed by atoms with Gasteiger partial charge in [0.05, 0.1) is 12.0 Å². The quantitative estimate of drug-likeness (QED) is 0.726. The topological polar surface area (TPSA) is 81.9 Å². The van der Waals surface area contributed by atoms with E-state index in [0.29, 0.717) is 18.2 Å². The molecule has 1 unspecified atom stereocenters. The number of hydrogen-bond acceptors (Lipinski definition) is 5. The highest BCUT2D eigenvalue weighted by Gasteiger charge is 2.39. The van der Waals surface area contributed by atoms with Gasteiger partial charge in [-0.1, -0.05) is 39.0 Å². The van der Waals surface area contributed by atoms with Crippen molar-refractivity contribution >= 4 is 22.5 Å². The third-order valence-electron chi connectivity index (χ3n) is 4.57. The largest absolute Gasteiger partial charge is 0.338 e. The average molecular weight is 352 g/mol.